The molecule has 1 aromatic rings. The van der Waals surface area contributed by atoms with E-state index in [-0.39, 0.29) is 30.4 Å². The molecule has 0 saturated carbocycles. The molecule has 1 aliphatic rings. The molecule has 18 heavy (non-hydrogen) atoms. The van der Waals surface area contributed by atoms with Crippen molar-refractivity contribution in [3.8, 4) is 0 Å². The molecule has 1 saturated heterocycles. The van der Waals surface area contributed by atoms with E-state index >= 15 is 0 Å². The molecule has 1 aromatic heterocycles. The molecular weight excluding hydrogens is 256 g/mol. The lowest BCUT2D eigenvalue weighted by atomic mass is 10.1. The van der Waals surface area contributed by atoms with Gasteiger partial charge in [-0.3, -0.25) is 4.79 Å². The van der Waals surface area contributed by atoms with E-state index in [1.165, 1.54) is 4.90 Å². The van der Waals surface area contributed by atoms with Gasteiger partial charge in [0.15, 0.2) is 15.5 Å². The van der Waals surface area contributed by atoms with Crippen LogP contribution >= 0.6 is 0 Å². The first-order chi connectivity index (χ1) is 8.23. The molecule has 0 atom stereocenters. The van der Waals surface area contributed by atoms with Gasteiger partial charge in [0.2, 0.25) is 0 Å². The third-order valence-electron chi connectivity index (χ3n) is 3.18. The van der Waals surface area contributed by atoms with Crippen LogP contribution in [0.5, 0.6) is 0 Å². The molecule has 0 aliphatic carbocycles. The zero-order valence-electron chi connectivity index (χ0n) is 10.6. The third kappa shape index (κ3) is 2.14. The fourth-order valence-corrected chi connectivity index (χ4v) is 3.31. The molecule has 7 heteroatoms. The summed E-state index contributed by atoms with van der Waals surface area (Å²) in [6.45, 7) is 5.36. The van der Waals surface area contributed by atoms with Crippen LogP contribution in [0.2, 0.25) is 0 Å². The molecule has 0 unspecified atom stereocenters. The van der Waals surface area contributed by atoms with Gasteiger partial charge in [0, 0.05) is 19.2 Å². The van der Waals surface area contributed by atoms with Crippen molar-refractivity contribution in [2.45, 2.75) is 25.5 Å². The first kappa shape index (κ1) is 13.1. The van der Waals surface area contributed by atoms with E-state index in [2.05, 4.69) is 5.16 Å². The summed E-state index contributed by atoms with van der Waals surface area (Å²) in [6.07, 6.45) is 0. The lowest BCUT2D eigenvalue weighted by Gasteiger charge is -2.37. The molecule has 0 radical (unpaired) electrons. The average molecular weight is 272 g/mol. The Balaban J connectivity index is 2.20. The maximum atomic E-state index is 12.1. The molecule has 0 N–H and O–H groups in total. The van der Waals surface area contributed by atoms with Crippen LogP contribution in [0, 0.1) is 6.92 Å². The summed E-state index contributed by atoms with van der Waals surface area (Å²) in [4.78, 5) is 13.6. The van der Waals surface area contributed by atoms with Gasteiger partial charge in [-0.25, -0.2) is 8.42 Å². The molecular formula is C11H16N2O4S. The fourth-order valence-electron chi connectivity index (χ4n) is 1.95. The number of aromatic nitrogens is 1. The van der Waals surface area contributed by atoms with Crippen molar-refractivity contribution < 1.29 is 17.7 Å². The van der Waals surface area contributed by atoms with Gasteiger partial charge in [0.1, 0.15) is 5.76 Å². The van der Waals surface area contributed by atoms with Crippen molar-refractivity contribution in [3.63, 3.8) is 0 Å². The van der Waals surface area contributed by atoms with Crippen LogP contribution in [0.25, 0.3) is 0 Å². The lowest BCUT2D eigenvalue weighted by molar-refractivity contribution is 0.0733. The summed E-state index contributed by atoms with van der Waals surface area (Å²) in [7, 11) is -3.14. The summed E-state index contributed by atoms with van der Waals surface area (Å²) in [5, 5.41) is 3.66. The molecule has 0 spiro atoms. The molecule has 1 aliphatic heterocycles. The van der Waals surface area contributed by atoms with Gasteiger partial charge in [0.05, 0.1) is 10.5 Å². The van der Waals surface area contributed by atoms with Crippen molar-refractivity contribution in [1.82, 2.24) is 10.1 Å². The summed E-state index contributed by atoms with van der Waals surface area (Å²) < 4.78 is 27.6. The van der Waals surface area contributed by atoms with E-state index in [0.717, 1.165) is 0 Å². The molecule has 2 heterocycles. The Morgan fingerprint density at radius 3 is 2.67 bits per heavy atom. The number of hydrogen-bond acceptors (Lipinski definition) is 5. The molecule has 0 bridgehead atoms. The highest BCUT2D eigenvalue weighted by Gasteiger charge is 2.42. The number of rotatable bonds is 1. The molecule has 2 rings (SSSR count). The van der Waals surface area contributed by atoms with E-state index in [0.29, 0.717) is 5.76 Å². The van der Waals surface area contributed by atoms with Crippen LogP contribution in [0.1, 0.15) is 30.1 Å². The van der Waals surface area contributed by atoms with Crippen LogP contribution in [0.15, 0.2) is 10.6 Å². The molecule has 1 fully saturated rings. The quantitative estimate of drug-likeness (QED) is 0.749. The van der Waals surface area contributed by atoms with Crippen LogP contribution < -0.4 is 0 Å². The Kier molecular flexibility index (Phi) is 2.96. The first-order valence-corrected chi connectivity index (χ1v) is 7.33. The van der Waals surface area contributed by atoms with Gasteiger partial charge in [0.25, 0.3) is 5.91 Å². The minimum Gasteiger partial charge on any atom is -0.361 e. The predicted octanol–water partition coefficient (Wildman–Crippen LogP) is 0.632. The fraction of sp³-hybridized carbons (Fsp3) is 0.636. The smallest absolute Gasteiger partial charge is 0.276 e. The average Bonchev–Trinajstić information content (AvgIpc) is 2.68. The number of aryl methyl sites for hydroxylation is 1. The summed E-state index contributed by atoms with van der Waals surface area (Å²) >= 11 is 0. The van der Waals surface area contributed by atoms with E-state index in [1.807, 2.05) is 0 Å². The van der Waals surface area contributed by atoms with Crippen molar-refractivity contribution in [2.24, 2.45) is 0 Å². The predicted molar refractivity (Wildman–Crippen MR) is 65.0 cm³/mol. The Bertz CT molecular complexity index is 574. The Hall–Kier alpha value is -1.37. The van der Waals surface area contributed by atoms with Gasteiger partial charge in [-0.05, 0) is 20.8 Å². The van der Waals surface area contributed by atoms with Gasteiger partial charge in [-0.2, -0.15) is 0 Å². The van der Waals surface area contributed by atoms with E-state index in [4.69, 9.17) is 4.52 Å². The van der Waals surface area contributed by atoms with Crippen LogP contribution in [0.3, 0.4) is 0 Å². The summed E-state index contributed by atoms with van der Waals surface area (Å²) in [5.41, 5.74) is 0.225. The minimum absolute atomic E-state index is 0.0113. The number of nitrogens with zero attached hydrogens (tertiary/aromatic N) is 2. The van der Waals surface area contributed by atoms with Gasteiger partial charge in [-0.15, -0.1) is 0 Å². The SMILES string of the molecule is Cc1cc(C(=O)N2CCS(=O)(=O)C(C)(C)C2)no1. The van der Waals surface area contributed by atoms with Gasteiger partial charge < -0.3 is 9.42 Å². The van der Waals surface area contributed by atoms with E-state index < -0.39 is 14.6 Å². The molecule has 6 nitrogen and oxygen atoms in total. The third-order valence-corrected chi connectivity index (χ3v) is 5.71. The normalized spacial score (nSPS) is 21.8. The highest BCUT2D eigenvalue weighted by molar-refractivity contribution is 7.92. The number of amides is 1. The Labute approximate surface area is 106 Å². The first-order valence-electron chi connectivity index (χ1n) is 5.68. The Morgan fingerprint density at radius 1 is 1.50 bits per heavy atom. The highest BCUT2D eigenvalue weighted by atomic mass is 32.2. The molecule has 0 aromatic carbocycles. The van der Waals surface area contributed by atoms with Crippen LogP contribution in [-0.2, 0) is 9.84 Å². The van der Waals surface area contributed by atoms with Crippen molar-refractivity contribution in [3.05, 3.63) is 17.5 Å². The molecule has 1 amide bonds. The second-order valence-corrected chi connectivity index (χ2v) is 7.87. The number of carbonyl (C=O) groups excluding carboxylic acids is 1. The van der Waals surface area contributed by atoms with Gasteiger partial charge >= 0.3 is 0 Å². The topological polar surface area (TPSA) is 80.5 Å². The number of sulfone groups is 1. The summed E-state index contributed by atoms with van der Waals surface area (Å²) in [6, 6.07) is 1.55. The van der Waals surface area contributed by atoms with Crippen molar-refractivity contribution >= 4 is 15.7 Å². The van der Waals surface area contributed by atoms with Crippen LogP contribution in [-0.4, -0.2) is 48.0 Å². The zero-order valence-corrected chi connectivity index (χ0v) is 11.5. The standard InChI is InChI=1S/C11H16N2O4S/c1-8-6-9(12-17-8)10(14)13-4-5-18(15,16)11(2,3)7-13/h6H,4-5,7H2,1-3H3. The largest absolute Gasteiger partial charge is 0.361 e. The number of hydrogen-bond donors (Lipinski definition) is 0. The van der Waals surface area contributed by atoms with E-state index in [9.17, 15) is 13.2 Å². The zero-order chi connectivity index (χ0) is 13.6. The minimum atomic E-state index is -3.14. The second kappa shape index (κ2) is 4.08. The van der Waals surface area contributed by atoms with Gasteiger partial charge in [-0.1, -0.05) is 5.16 Å². The highest BCUT2D eigenvalue weighted by Crippen LogP contribution is 2.24. The second-order valence-electron chi connectivity index (χ2n) is 5.13. The maximum Gasteiger partial charge on any atom is 0.276 e. The number of carbonyl (C=O) groups is 1. The summed E-state index contributed by atoms with van der Waals surface area (Å²) in [5.74, 6) is 0.264. The van der Waals surface area contributed by atoms with Crippen LogP contribution in [0.4, 0.5) is 0 Å². The maximum absolute atomic E-state index is 12.1. The molecule has 100 valence electrons. The lowest BCUT2D eigenvalue weighted by Crippen LogP contribution is -2.54. The Morgan fingerprint density at radius 2 is 2.17 bits per heavy atom. The van der Waals surface area contributed by atoms with Crippen molar-refractivity contribution in [2.75, 3.05) is 18.8 Å². The van der Waals surface area contributed by atoms with E-state index in [1.54, 1.807) is 26.8 Å². The van der Waals surface area contributed by atoms with Crippen molar-refractivity contribution in [1.29, 1.82) is 0 Å². The monoisotopic (exact) mass is 272 g/mol.